The number of imidazole rings is 1. The van der Waals surface area contributed by atoms with Crippen molar-refractivity contribution in [1.82, 2.24) is 9.55 Å². The number of hydrogen-bond donors (Lipinski definition) is 1. The van der Waals surface area contributed by atoms with Gasteiger partial charge in [-0.2, -0.15) is 13.2 Å². The number of hydrogen-bond acceptors (Lipinski definition) is 2. The Morgan fingerprint density at radius 3 is 2.67 bits per heavy atom. The van der Waals surface area contributed by atoms with Crippen molar-refractivity contribution in [2.75, 3.05) is 0 Å². The van der Waals surface area contributed by atoms with Gasteiger partial charge in [-0.1, -0.05) is 0 Å². The second-order valence-electron chi connectivity index (χ2n) is 5.26. The summed E-state index contributed by atoms with van der Waals surface area (Å²) in [5, 5.41) is 0. The van der Waals surface area contributed by atoms with Crippen molar-refractivity contribution in [3.8, 4) is 5.69 Å². The lowest BCUT2D eigenvalue weighted by atomic mass is 10.0. The van der Waals surface area contributed by atoms with Crippen LogP contribution in [-0.2, 0) is 25.6 Å². The summed E-state index contributed by atoms with van der Waals surface area (Å²) < 4.78 is 40.3. The highest BCUT2D eigenvalue weighted by molar-refractivity contribution is 5.46. The maximum atomic E-state index is 12.8. The molecular formula is C15H16F3N3. The van der Waals surface area contributed by atoms with E-state index >= 15 is 0 Å². The molecule has 0 unspecified atom stereocenters. The Bertz CT molecular complexity index is 659. The minimum Gasteiger partial charge on any atom is -0.326 e. The first-order valence-corrected chi connectivity index (χ1v) is 6.96. The number of halogens is 3. The standard InChI is InChI=1S/C15H16F3N3/c16-15(17,18)11-5-6-13(10(7-11)8-19)21-9-20-12-3-1-2-4-14(12)21/h5-7,9H,1-4,8,19H2. The van der Waals surface area contributed by atoms with Gasteiger partial charge in [0.15, 0.2) is 0 Å². The zero-order valence-corrected chi connectivity index (χ0v) is 11.5. The van der Waals surface area contributed by atoms with Gasteiger partial charge >= 0.3 is 6.18 Å². The normalized spacial score (nSPS) is 15.0. The summed E-state index contributed by atoms with van der Waals surface area (Å²) in [4.78, 5) is 4.38. The van der Waals surface area contributed by atoms with Gasteiger partial charge in [-0.15, -0.1) is 0 Å². The summed E-state index contributed by atoms with van der Waals surface area (Å²) in [6.45, 7) is 0.0617. The molecule has 6 heteroatoms. The fourth-order valence-electron chi connectivity index (χ4n) is 2.84. The van der Waals surface area contributed by atoms with Crippen molar-refractivity contribution in [3.63, 3.8) is 0 Å². The van der Waals surface area contributed by atoms with E-state index in [-0.39, 0.29) is 6.54 Å². The van der Waals surface area contributed by atoms with E-state index in [1.165, 1.54) is 6.07 Å². The molecule has 0 radical (unpaired) electrons. The van der Waals surface area contributed by atoms with Crippen LogP contribution in [0.3, 0.4) is 0 Å². The first-order chi connectivity index (χ1) is 10.0. The Morgan fingerprint density at radius 2 is 1.95 bits per heavy atom. The molecule has 1 aromatic carbocycles. The van der Waals surface area contributed by atoms with E-state index in [9.17, 15) is 13.2 Å². The molecule has 1 aliphatic carbocycles. The zero-order chi connectivity index (χ0) is 15.0. The van der Waals surface area contributed by atoms with Crippen LogP contribution in [0.4, 0.5) is 13.2 Å². The van der Waals surface area contributed by atoms with Crippen molar-refractivity contribution in [2.24, 2.45) is 5.73 Å². The molecule has 0 saturated carbocycles. The van der Waals surface area contributed by atoms with Crippen LogP contribution < -0.4 is 5.73 Å². The van der Waals surface area contributed by atoms with E-state index in [4.69, 9.17) is 5.73 Å². The first-order valence-electron chi connectivity index (χ1n) is 6.96. The number of aromatic nitrogens is 2. The Labute approximate surface area is 120 Å². The topological polar surface area (TPSA) is 43.8 Å². The van der Waals surface area contributed by atoms with Gasteiger partial charge in [-0.05, 0) is 49.4 Å². The van der Waals surface area contributed by atoms with Gasteiger partial charge in [0.2, 0.25) is 0 Å². The second-order valence-corrected chi connectivity index (χ2v) is 5.26. The Kier molecular flexibility index (Phi) is 3.49. The lowest BCUT2D eigenvalue weighted by Crippen LogP contribution is -2.12. The number of rotatable bonds is 2. The van der Waals surface area contributed by atoms with Crippen molar-refractivity contribution in [1.29, 1.82) is 0 Å². The smallest absolute Gasteiger partial charge is 0.326 e. The summed E-state index contributed by atoms with van der Waals surface area (Å²) in [6.07, 6.45) is 1.37. The third-order valence-electron chi connectivity index (χ3n) is 3.92. The molecule has 2 N–H and O–H groups in total. The van der Waals surface area contributed by atoms with E-state index in [2.05, 4.69) is 4.98 Å². The molecule has 1 heterocycles. The van der Waals surface area contributed by atoms with Crippen LogP contribution in [0.15, 0.2) is 24.5 Å². The van der Waals surface area contributed by atoms with Gasteiger partial charge in [0.1, 0.15) is 0 Å². The molecule has 0 saturated heterocycles. The predicted molar refractivity (Wildman–Crippen MR) is 73.1 cm³/mol. The third kappa shape index (κ3) is 2.55. The van der Waals surface area contributed by atoms with Gasteiger partial charge in [-0.25, -0.2) is 4.98 Å². The molecule has 0 aliphatic heterocycles. The number of benzene rings is 1. The summed E-state index contributed by atoms with van der Waals surface area (Å²) in [7, 11) is 0. The summed E-state index contributed by atoms with van der Waals surface area (Å²) in [5.41, 5.74) is 8.29. The molecule has 1 aromatic heterocycles. The highest BCUT2D eigenvalue weighted by Crippen LogP contribution is 2.32. The quantitative estimate of drug-likeness (QED) is 0.924. The summed E-state index contributed by atoms with van der Waals surface area (Å²) >= 11 is 0. The molecule has 0 fully saturated rings. The fraction of sp³-hybridized carbons (Fsp3) is 0.400. The molecule has 21 heavy (non-hydrogen) atoms. The highest BCUT2D eigenvalue weighted by atomic mass is 19.4. The SMILES string of the molecule is NCc1cc(C(F)(F)F)ccc1-n1cnc2c1CCCC2. The maximum Gasteiger partial charge on any atom is 0.416 e. The van der Waals surface area contributed by atoms with Crippen LogP contribution in [0.1, 0.15) is 35.4 Å². The van der Waals surface area contributed by atoms with Gasteiger partial charge in [0.25, 0.3) is 0 Å². The molecule has 1 aliphatic rings. The number of alkyl halides is 3. The molecule has 0 bridgehead atoms. The van der Waals surface area contributed by atoms with Gasteiger partial charge in [0.05, 0.1) is 23.3 Å². The Hall–Kier alpha value is -1.82. The average Bonchev–Trinajstić information content (AvgIpc) is 2.89. The largest absolute Gasteiger partial charge is 0.416 e. The van der Waals surface area contributed by atoms with Gasteiger partial charge < -0.3 is 10.3 Å². The van der Waals surface area contributed by atoms with E-state index in [1.807, 2.05) is 4.57 Å². The first kappa shape index (κ1) is 14.1. The Morgan fingerprint density at radius 1 is 1.19 bits per heavy atom. The number of nitrogens with zero attached hydrogens (tertiary/aromatic N) is 2. The molecular weight excluding hydrogens is 279 g/mol. The van der Waals surface area contributed by atoms with E-state index in [0.717, 1.165) is 49.2 Å². The lowest BCUT2D eigenvalue weighted by molar-refractivity contribution is -0.137. The number of nitrogens with two attached hydrogens (primary N) is 1. The summed E-state index contributed by atoms with van der Waals surface area (Å²) in [6, 6.07) is 3.72. The van der Waals surface area contributed by atoms with Gasteiger partial charge in [0, 0.05) is 12.2 Å². The van der Waals surface area contributed by atoms with Crippen molar-refractivity contribution >= 4 is 0 Å². The minimum atomic E-state index is -4.35. The monoisotopic (exact) mass is 295 g/mol. The number of aryl methyl sites for hydroxylation is 1. The molecule has 0 amide bonds. The van der Waals surface area contributed by atoms with Crippen molar-refractivity contribution in [2.45, 2.75) is 38.4 Å². The maximum absolute atomic E-state index is 12.8. The van der Waals surface area contributed by atoms with E-state index < -0.39 is 11.7 Å². The molecule has 0 spiro atoms. The summed E-state index contributed by atoms with van der Waals surface area (Å²) in [5.74, 6) is 0. The minimum absolute atomic E-state index is 0.0617. The van der Waals surface area contributed by atoms with Crippen LogP contribution in [-0.4, -0.2) is 9.55 Å². The highest BCUT2D eigenvalue weighted by Gasteiger charge is 2.31. The molecule has 3 rings (SSSR count). The van der Waals surface area contributed by atoms with Gasteiger partial charge in [-0.3, -0.25) is 0 Å². The molecule has 0 atom stereocenters. The fourth-order valence-corrected chi connectivity index (χ4v) is 2.84. The van der Waals surface area contributed by atoms with E-state index in [0.29, 0.717) is 11.3 Å². The zero-order valence-electron chi connectivity index (χ0n) is 11.5. The second kappa shape index (κ2) is 5.18. The molecule has 2 aromatic rings. The average molecular weight is 295 g/mol. The Balaban J connectivity index is 2.08. The van der Waals surface area contributed by atoms with Crippen LogP contribution in [0.2, 0.25) is 0 Å². The number of fused-ring (bicyclic) bond motifs is 1. The molecule has 3 nitrogen and oxygen atoms in total. The van der Waals surface area contributed by atoms with E-state index in [1.54, 1.807) is 6.33 Å². The van der Waals surface area contributed by atoms with Crippen LogP contribution in [0, 0.1) is 0 Å². The van der Waals surface area contributed by atoms with Crippen LogP contribution in [0.25, 0.3) is 5.69 Å². The third-order valence-corrected chi connectivity index (χ3v) is 3.92. The lowest BCUT2D eigenvalue weighted by Gasteiger charge is -2.17. The van der Waals surface area contributed by atoms with Crippen LogP contribution in [0.5, 0.6) is 0 Å². The van der Waals surface area contributed by atoms with Crippen molar-refractivity contribution < 1.29 is 13.2 Å². The van der Waals surface area contributed by atoms with Crippen molar-refractivity contribution in [3.05, 3.63) is 47.0 Å². The molecule has 112 valence electrons. The van der Waals surface area contributed by atoms with Crippen LogP contribution >= 0.6 is 0 Å². The predicted octanol–water partition coefficient (Wildman–Crippen LogP) is 3.23.